The molecule has 1 saturated heterocycles. The minimum atomic E-state index is -2.04. The molecule has 0 saturated carbocycles. The lowest BCUT2D eigenvalue weighted by Crippen LogP contribution is -2.50. The Morgan fingerprint density at radius 1 is 0.880 bits per heavy atom. The number of aliphatic imine (C=N–C) groups is 1. The average molecular weight is 1140 g/mol. The highest BCUT2D eigenvalue weighted by atomic mass is 16.7. The van der Waals surface area contributed by atoms with Crippen molar-refractivity contribution in [3.05, 3.63) is 129 Å². The minimum Gasteiger partial charge on any atom is -0.507 e. The smallest absolute Gasteiger partial charge is 0.410 e. The number of nitrogens with zero attached hydrogens (tertiary/aromatic N) is 3. The number of rotatable bonds is 9. The number of carbonyl (C=O) groups is 6. The minimum absolute atomic E-state index is 0.00219. The van der Waals surface area contributed by atoms with E-state index in [9.17, 15) is 34.2 Å². The Bertz CT molecular complexity index is 3210. The molecule has 0 unspecified atom stereocenters. The number of carbonyl (C=O) groups excluding carboxylic acids is 6. The van der Waals surface area contributed by atoms with E-state index in [-0.39, 0.29) is 63.2 Å². The summed E-state index contributed by atoms with van der Waals surface area (Å²) in [5, 5.41) is 30.7. The number of hydrogen-bond acceptors (Lipinski definition) is 17. The van der Waals surface area contributed by atoms with E-state index in [1.807, 2.05) is 48.5 Å². The summed E-state index contributed by atoms with van der Waals surface area (Å²) in [4.78, 5) is 93.6. The van der Waals surface area contributed by atoms with Crippen LogP contribution in [0.2, 0.25) is 0 Å². The van der Waals surface area contributed by atoms with Crippen LogP contribution in [0.25, 0.3) is 11.1 Å². The second-order valence-electron chi connectivity index (χ2n) is 23.6. The van der Waals surface area contributed by atoms with Gasteiger partial charge in [0, 0.05) is 107 Å². The number of phenols is 1. The Morgan fingerprint density at radius 3 is 2.14 bits per heavy atom. The molecule has 19 heteroatoms. The molecular weight excluding hydrogens is 1060 g/mol. The van der Waals surface area contributed by atoms with Gasteiger partial charge in [0.05, 0.1) is 41.0 Å². The number of likely N-dealkylation sites (N-methyl/N-ethyl adjacent to an activating group) is 1. The van der Waals surface area contributed by atoms with Gasteiger partial charge in [0.25, 0.3) is 11.7 Å². The first-order valence-corrected chi connectivity index (χ1v) is 28.6. The number of methoxy groups -OCH3 is 1. The molecule has 0 aromatic heterocycles. The highest BCUT2D eigenvalue weighted by molar-refractivity contribution is 6.34. The van der Waals surface area contributed by atoms with Crippen LogP contribution in [0.5, 0.6) is 11.5 Å². The van der Waals surface area contributed by atoms with Crippen molar-refractivity contribution in [2.24, 2.45) is 34.6 Å². The van der Waals surface area contributed by atoms with Crippen LogP contribution in [-0.2, 0) is 38.1 Å². The van der Waals surface area contributed by atoms with Crippen LogP contribution in [-0.4, -0.2) is 144 Å². The average Bonchev–Trinajstić information content (AvgIpc) is 1.76. The summed E-state index contributed by atoms with van der Waals surface area (Å²) >= 11 is 0. The molecule has 7 aliphatic rings. The number of aliphatic hydroxyl groups is 1. The number of phenolic OH excluding ortho intramolecular Hbond substituents is 1. The number of benzene rings is 3. The second kappa shape index (κ2) is 23.9. The molecule has 83 heavy (non-hydrogen) atoms. The number of ketones is 2. The van der Waals surface area contributed by atoms with Crippen LogP contribution in [0.4, 0.5) is 4.79 Å². The molecule has 5 heterocycles. The normalized spacial score (nSPS) is 28.3. The van der Waals surface area contributed by atoms with Gasteiger partial charge < -0.3 is 59.1 Å². The lowest BCUT2D eigenvalue weighted by Gasteiger charge is -2.39. The van der Waals surface area contributed by atoms with Crippen molar-refractivity contribution < 1.29 is 67.4 Å². The van der Waals surface area contributed by atoms with Crippen LogP contribution < -0.4 is 15.4 Å². The number of aliphatic hydroxyl groups excluding tert-OH is 1. The van der Waals surface area contributed by atoms with E-state index in [2.05, 4.69) is 29.4 Å². The Morgan fingerprint density at radius 2 is 1.52 bits per heavy atom. The maximum absolute atomic E-state index is 15.0. The summed E-state index contributed by atoms with van der Waals surface area (Å²) in [6, 6.07) is 15.9. The maximum atomic E-state index is 15.0. The zero-order valence-electron chi connectivity index (χ0n) is 49.4. The summed E-state index contributed by atoms with van der Waals surface area (Å²) in [7, 11) is 2.87. The summed E-state index contributed by atoms with van der Waals surface area (Å²) in [6.45, 7) is 18.7. The van der Waals surface area contributed by atoms with Crippen molar-refractivity contribution in [2.45, 2.75) is 124 Å². The number of nitrogens with one attached hydrogen (secondary N) is 2. The maximum Gasteiger partial charge on any atom is 0.410 e. The van der Waals surface area contributed by atoms with Crippen LogP contribution in [0.15, 0.2) is 101 Å². The summed E-state index contributed by atoms with van der Waals surface area (Å²) in [5.41, 5.74) is 3.58. The zero-order chi connectivity index (χ0) is 60.0. The molecule has 19 nitrogen and oxygen atoms in total. The van der Waals surface area contributed by atoms with E-state index in [1.54, 1.807) is 46.8 Å². The topological polar surface area (TPSA) is 241 Å². The third-order valence-electron chi connectivity index (χ3n) is 17.2. The number of hydrogen-bond donors (Lipinski definition) is 4. The standard InChI is InChI=1S/C64H77N5O14/c1-33(2)30-69-27-25-64(26-28-69)66-51-48-49-55(73)39(8)59-50(48)60(75)63(10,83-59)80-29-24-46(78-12)36(5)58(81-40(9)70)38(7)54(72)37(6)57(34(3)18-17-19-35(4)61(76)65-53(56(49)74)52(51)67-64)82-47(71)31-68(11)62(77)79-32-45-43-22-15-13-20-41(43)42-21-14-16-23-44(42)45/h13-24,29,33-34,36-38,45-46,54,57-58,67,72-73H,25-28,30-32H2,1-12H3,(H,65,76)/b18-17+,29-24+,35-19-/t34-,36+,37-,38+,46-,54+,57-,58+,63-/m0/s1. The van der Waals surface area contributed by atoms with Crippen molar-refractivity contribution in [2.75, 3.05) is 46.9 Å². The van der Waals surface area contributed by atoms with Crippen molar-refractivity contribution >= 4 is 41.2 Å². The highest BCUT2D eigenvalue weighted by Crippen LogP contribution is 2.51. The number of piperidine rings is 1. The zero-order valence-corrected chi connectivity index (χ0v) is 49.4. The molecule has 1 fully saturated rings. The van der Waals surface area contributed by atoms with E-state index in [1.165, 1.54) is 53.3 Å². The SMILES string of the molecule is CO[C@H]1/C=C/O[C@@]2(C)Oc3c(C)c(O)c4c(c3C2=O)C2=NC3(CCN(CC(C)C)CC3)NC2=C(NC(=O)/C(C)=C\C=C\[C@H](C)[C@H](OC(=O)CN(C)C(=O)OCC2c3ccccc3-c3ccccc32)[C@@H](C)[C@@H](O)[C@@H](C)[C@H](OC(C)=O)[C@@H]1C)C4=O. The lowest BCUT2D eigenvalue weighted by atomic mass is 9.78. The van der Waals surface area contributed by atoms with Gasteiger partial charge >= 0.3 is 23.8 Å². The number of esters is 2. The van der Waals surface area contributed by atoms with Crippen molar-refractivity contribution in [1.29, 1.82) is 0 Å². The van der Waals surface area contributed by atoms with E-state index >= 15 is 4.79 Å². The number of allylic oxidation sites excluding steroid dienone is 4. The second-order valence-corrected chi connectivity index (χ2v) is 23.6. The molecule has 1 spiro atoms. The van der Waals surface area contributed by atoms with E-state index in [4.69, 9.17) is 33.4 Å². The number of fused-ring (bicyclic) bond motifs is 16. The number of Topliss-reactive ketones (excluding diaryl/α,β-unsaturated/α-hetero) is 2. The summed E-state index contributed by atoms with van der Waals surface area (Å²) < 4.78 is 36.5. The first-order valence-electron chi connectivity index (χ1n) is 28.6. The van der Waals surface area contributed by atoms with E-state index < -0.39 is 107 Å². The van der Waals surface area contributed by atoms with Gasteiger partial charge in [-0.1, -0.05) is 108 Å². The van der Waals surface area contributed by atoms with E-state index in [0.717, 1.165) is 33.7 Å². The van der Waals surface area contributed by atoms with Crippen LogP contribution in [0, 0.1) is 36.5 Å². The van der Waals surface area contributed by atoms with Gasteiger partial charge in [-0.2, -0.15) is 0 Å². The molecule has 0 radical (unpaired) electrons. The molecule has 3 aromatic rings. The first-order chi connectivity index (χ1) is 39.4. The molecule has 2 aliphatic carbocycles. The third-order valence-corrected chi connectivity index (χ3v) is 17.2. The molecule has 5 bridgehead atoms. The fourth-order valence-electron chi connectivity index (χ4n) is 12.6. The predicted molar refractivity (Wildman–Crippen MR) is 308 cm³/mol. The number of amides is 2. The van der Waals surface area contributed by atoms with Gasteiger partial charge in [-0.15, -0.1) is 0 Å². The predicted octanol–water partition coefficient (Wildman–Crippen LogP) is 8.05. The van der Waals surface area contributed by atoms with Crippen molar-refractivity contribution in [3.63, 3.8) is 0 Å². The number of aromatic hydroxyl groups is 1. The summed E-state index contributed by atoms with van der Waals surface area (Å²) in [5.74, 6) is -8.82. The largest absolute Gasteiger partial charge is 0.507 e. The molecule has 2 amide bonds. The Kier molecular flexibility index (Phi) is 17.3. The molecule has 5 aliphatic heterocycles. The van der Waals surface area contributed by atoms with E-state index in [0.29, 0.717) is 31.8 Å². The Balaban J connectivity index is 1.04. The Labute approximate surface area is 484 Å². The number of likely N-dealkylation sites (tertiary alicyclic amines) is 1. The van der Waals surface area contributed by atoms with Gasteiger partial charge in [-0.3, -0.25) is 29.0 Å². The highest BCUT2D eigenvalue weighted by Gasteiger charge is 2.55. The fraction of sp³-hybridized carbons (Fsp3) is 0.484. The Hall–Kier alpha value is -7.61. The molecule has 442 valence electrons. The number of ether oxygens (including phenoxy) is 6. The molecule has 10 rings (SSSR count). The monoisotopic (exact) mass is 1140 g/mol. The van der Waals surface area contributed by atoms with Gasteiger partial charge in [0.1, 0.15) is 48.2 Å². The van der Waals surface area contributed by atoms with Gasteiger partial charge in [0.2, 0.25) is 5.78 Å². The van der Waals surface area contributed by atoms with Crippen molar-refractivity contribution in [3.8, 4) is 22.6 Å². The van der Waals surface area contributed by atoms with Gasteiger partial charge in [0.15, 0.2) is 0 Å². The first kappa shape index (κ1) is 60.0. The van der Waals surface area contributed by atoms with Gasteiger partial charge in [-0.05, 0) is 48.1 Å². The lowest BCUT2D eigenvalue weighted by molar-refractivity contribution is -0.165. The quantitative estimate of drug-likeness (QED) is 0.117. The fourth-order valence-corrected chi connectivity index (χ4v) is 12.6. The summed E-state index contributed by atoms with van der Waals surface area (Å²) in [6.07, 6.45) is 3.64. The molecule has 9 atom stereocenters. The third kappa shape index (κ3) is 11.6. The molecular formula is C64H77N5O14. The van der Waals surface area contributed by atoms with Gasteiger partial charge in [-0.25, -0.2) is 4.79 Å². The molecule has 3 aromatic carbocycles. The van der Waals surface area contributed by atoms with Crippen LogP contribution >= 0.6 is 0 Å². The van der Waals surface area contributed by atoms with Crippen LogP contribution in [0.1, 0.15) is 124 Å². The van der Waals surface area contributed by atoms with Crippen molar-refractivity contribution in [1.82, 2.24) is 20.4 Å². The van der Waals surface area contributed by atoms with Crippen LogP contribution in [0.3, 0.4) is 0 Å². The molecule has 4 N–H and O–H groups in total.